The molecule has 0 aliphatic carbocycles. The van der Waals surface area contributed by atoms with E-state index in [1.165, 1.54) is 34.5 Å². The third kappa shape index (κ3) is 9.79. The largest absolute Gasteiger partial charge is 0.490 e. The van der Waals surface area contributed by atoms with Crippen molar-refractivity contribution < 1.29 is 40.6 Å². The lowest BCUT2D eigenvalue weighted by molar-refractivity contribution is -0.00833. The average Bonchev–Trinajstić information content (AvgIpc) is 3.06. The van der Waals surface area contributed by atoms with Crippen LogP contribution < -0.4 is 9.46 Å². The smallest absolute Gasteiger partial charge is 0.261 e. The van der Waals surface area contributed by atoms with Gasteiger partial charge in [0.2, 0.25) is 10.0 Å². The Hall–Kier alpha value is -3.56. The van der Waals surface area contributed by atoms with Crippen molar-refractivity contribution in [2.75, 3.05) is 38.1 Å². The predicted molar refractivity (Wildman–Crippen MR) is 185 cm³/mol. The van der Waals surface area contributed by atoms with Gasteiger partial charge in [0.15, 0.2) is 0 Å². The minimum atomic E-state index is -4.12. The molecule has 4 atom stereocenters. The van der Waals surface area contributed by atoms with Crippen LogP contribution in [0.5, 0.6) is 5.75 Å². The minimum absolute atomic E-state index is 0.0261. The first-order valence-electron chi connectivity index (χ1n) is 16.3. The summed E-state index contributed by atoms with van der Waals surface area (Å²) in [6.45, 7) is 7.41. The van der Waals surface area contributed by atoms with Crippen LogP contribution in [-0.2, 0) is 24.8 Å². The third-order valence-corrected chi connectivity index (χ3v) is 11.8. The van der Waals surface area contributed by atoms with Crippen molar-refractivity contribution in [2.24, 2.45) is 5.92 Å². The van der Waals surface area contributed by atoms with Crippen LogP contribution in [0.4, 0.5) is 10.1 Å². The number of hydrogen-bond acceptors (Lipinski definition) is 8. The number of likely N-dealkylation sites (N-methyl/N-ethyl adjacent to an activating group) is 1. The molecule has 14 heteroatoms. The molecule has 0 bridgehead atoms. The number of anilines is 1. The molecule has 0 radical (unpaired) electrons. The Balaban J connectivity index is 1.67. The molecule has 1 aliphatic heterocycles. The van der Waals surface area contributed by atoms with Crippen molar-refractivity contribution in [1.29, 1.82) is 0 Å². The van der Waals surface area contributed by atoms with E-state index in [2.05, 4.69) is 4.72 Å². The maximum Gasteiger partial charge on any atom is 0.261 e. The highest BCUT2D eigenvalue weighted by Gasteiger charge is 2.32. The number of aliphatic hydroxyl groups excluding tert-OH is 1. The number of aliphatic hydroxyl groups is 1. The van der Waals surface area contributed by atoms with Crippen molar-refractivity contribution in [2.45, 2.75) is 75.0 Å². The van der Waals surface area contributed by atoms with Gasteiger partial charge < -0.3 is 19.5 Å². The Labute approximate surface area is 289 Å². The molecule has 1 aliphatic rings. The monoisotopic (exact) mass is 719 g/mol. The molecule has 268 valence electrons. The second-order valence-corrected chi connectivity index (χ2v) is 16.4. The molecule has 3 aromatic rings. The maximum absolute atomic E-state index is 14.4. The molecule has 0 fully saturated rings. The number of hydrogen-bond donors (Lipinski definition) is 2. The van der Waals surface area contributed by atoms with Crippen LogP contribution in [0.15, 0.2) is 76.5 Å². The van der Waals surface area contributed by atoms with Gasteiger partial charge in [-0.2, -0.15) is 4.31 Å². The van der Waals surface area contributed by atoms with Crippen LogP contribution in [0, 0.1) is 18.7 Å². The second kappa shape index (κ2) is 16.4. The maximum atomic E-state index is 14.4. The Morgan fingerprint density at radius 3 is 2.31 bits per heavy atom. The van der Waals surface area contributed by atoms with Gasteiger partial charge in [-0.15, -0.1) is 0 Å². The van der Waals surface area contributed by atoms with Gasteiger partial charge in [-0.05, 0) is 94.6 Å². The Morgan fingerprint density at radius 1 is 1.00 bits per heavy atom. The molecule has 0 aromatic heterocycles. The first-order chi connectivity index (χ1) is 23.1. The SMILES string of the molecule is Cc1ccc(S(=O)(=O)N(C)C[C@@H]2OCCCC[C@@H](C)Oc3ccc(NS(=O)(=O)c4ccc(F)cc4)cc3C(=O)N([C@@H](C)CO)C[C@@H]2C)cc1. The van der Waals surface area contributed by atoms with E-state index >= 15 is 0 Å². The summed E-state index contributed by atoms with van der Waals surface area (Å²) in [5.41, 5.74) is 1.10. The fourth-order valence-corrected chi connectivity index (χ4v) is 7.75. The number of halogens is 1. The summed E-state index contributed by atoms with van der Waals surface area (Å²) in [4.78, 5) is 15.8. The number of nitrogens with zero attached hydrogens (tertiary/aromatic N) is 2. The van der Waals surface area contributed by atoms with Crippen LogP contribution in [0.2, 0.25) is 0 Å². The number of benzene rings is 3. The summed E-state index contributed by atoms with van der Waals surface area (Å²) >= 11 is 0. The second-order valence-electron chi connectivity index (χ2n) is 12.7. The molecule has 0 unspecified atom stereocenters. The van der Waals surface area contributed by atoms with E-state index in [0.29, 0.717) is 19.4 Å². The summed E-state index contributed by atoms with van der Waals surface area (Å²) in [6.07, 6.45) is 1.16. The van der Waals surface area contributed by atoms with Gasteiger partial charge in [0.05, 0.1) is 40.2 Å². The van der Waals surface area contributed by atoms with Gasteiger partial charge >= 0.3 is 0 Å². The number of sulfonamides is 2. The molecule has 0 saturated carbocycles. The lowest BCUT2D eigenvalue weighted by atomic mass is 10.0. The van der Waals surface area contributed by atoms with Crippen LogP contribution in [0.3, 0.4) is 0 Å². The Morgan fingerprint density at radius 2 is 1.65 bits per heavy atom. The number of ether oxygens (including phenoxy) is 2. The van der Waals surface area contributed by atoms with Crippen molar-refractivity contribution in [3.63, 3.8) is 0 Å². The van der Waals surface area contributed by atoms with Crippen LogP contribution in [0.25, 0.3) is 0 Å². The highest BCUT2D eigenvalue weighted by atomic mass is 32.2. The average molecular weight is 720 g/mol. The molecule has 4 rings (SSSR count). The van der Waals surface area contributed by atoms with Crippen LogP contribution >= 0.6 is 0 Å². The number of aryl methyl sites for hydroxylation is 1. The molecule has 0 saturated heterocycles. The summed E-state index contributed by atoms with van der Waals surface area (Å²) in [5.74, 6) is -1.24. The molecule has 11 nitrogen and oxygen atoms in total. The standard InChI is InChI=1S/C35H46FN3O8S2/c1-24-9-14-31(15-10-24)49(44,45)38(5)22-34-25(2)21-39(26(3)23-40)35(41)32-20-29(37-48(42,43)30-16-11-28(36)12-17-30)13-18-33(32)47-27(4)8-6-7-19-46-34/h9-18,20,25-27,34,37,40H,6-8,19,21-23H2,1-5H3/t25-,26-,27+,34-/m0/s1. The molecular weight excluding hydrogens is 674 g/mol. The van der Waals surface area contributed by atoms with E-state index in [9.17, 15) is 31.1 Å². The van der Waals surface area contributed by atoms with E-state index in [4.69, 9.17) is 9.47 Å². The van der Waals surface area contributed by atoms with Gasteiger partial charge in [-0.3, -0.25) is 9.52 Å². The highest BCUT2D eigenvalue weighted by molar-refractivity contribution is 7.92. The number of carbonyl (C=O) groups excluding carboxylic acids is 1. The van der Waals surface area contributed by atoms with Gasteiger partial charge in [0.25, 0.3) is 15.9 Å². The molecule has 0 spiro atoms. The Bertz CT molecular complexity index is 1790. The topological polar surface area (TPSA) is 143 Å². The summed E-state index contributed by atoms with van der Waals surface area (Å²) in [6, 6.07) is 14.7. The number of amides is 1. The fourth-order valence-electron chi connectivity index (χ4n) is 5.52. The first-order valence-corrected chi connectivity index (χ1v) is 19.2. The zero-order valence-corrected chi connectivity index (χ0v) is 30.1. The van der Waals surface area contributed by atoms with Gasteiger partial charge in [0, 0.05) is 38.3 Å². The lowest BCUT2D eigenvalue weighted by Crippen LogP contribution is -2.48. The van der Waals surface area contributed by atoms with E-state index in [0.717, 1.165) is 36.2 Å². The Kier molecular flexibility index (Phi) is 12.8. The molecule has 2 N–H and O–H groups in total. The van der Waals surface area contributed by atoms with Crippen molar-refractivity contribution in [3.8, 4) is 5.75 Å². The van der Waals surface area contributed by atoms with Gasteiger partial charge in [-0.25, -0.2) is 21.2 Å². The van der Waals surface area contributed by atoms with Crippen LogP contribution in [-0.4, -0.2) is 88.7 Å². The van der Waals surface area contributed by atoms with Crippen molar-refractivity contribution in [3.05, 3.63) is 83.7 Å². The molecule has 1 heterocycles. The molecule has 3 aromatic carbocycles. The van der Waals surface area contributed by atoms with Gasteiger partial charge in [0.1, 0.15) is 11.6 Å². The lowest BCUT2D eigenvalue weighted by Gasteiger charge is -2.35. The molecule has 49 heavy (non-hydrogen) atoms. The fraction of sp³-hybridized carbons (Fsp3) is 0.457. The van der Waals surface area contributed by atoms with E-state index in [-0.39, 0.29) is 58.5 Å². The zero-order valence-electron chi connectivity index (χ0n) is 28.5. The number of nitrogens with one attached hydrogen (secondary N) is 1. The molecular formula is C35H46FN3O8S2. The third-order valence-electron chi connectivity index (χ3n) is 8.59. The van der Waals surface area contributed by atoms with Crippen molar-refractivity contribution in [1.82, 2.24) is 9.21 Å². The number of fused-ring (bicyclic) bond motifs is 1. The quantitative estimate of drug-likeness (QED) is 0.313. The van der Waals surface area contributed by atoms with Crippen LogP contribution in [0.1, 0.15) is 56.0 Å². The number of carbonyl (C=O) groups is 1. The first kappa shape index (κ1) is 38.2. The highest BCUT2D eigenvalue weighted by Crippen LogP contribution is 2.30. The predicted octanol–water partition coefficient (Wildman–Crippen LogP) is 5.05. The number of rotatable bonds is 9. The minimum Gasteiger partial charge on any atom is -0.490 e. The van der Waals surface area contributed by atoms with E-state index in [1.807, 2.05) is 20.8 Å². The molecule has 1 amide bonds. The summed E-state index contributed by atoms with van der Waals surface area (Å²) in [7, 11) is -6.46. The van der Waals surface area contributed by atoms with E-state index in [1.54, 1.807) is 31.2 Å². The summed E-state index contributed by atoms with van der Waals surface area (Å²) < 4.78 is 82.8. The van der Waals surface area contributed by atoms with E-state index < -0.39 is 43.9 Å². The van der Waals surface area contributed by atoms with Gasteiger partial charge in [-0.1, -0.05) is 24.6 Å². The normalized spacial score (nSPS) is 20.6. The van der Waals surface area contributed by atoms with Crippen molar-refractivity contribution >= 4 is 31.6 Å². The summed E-state index contributed by atoms with van der Waals surface area (Å²) in [5, 5.41) is 10.2. The zero-order chi connectivity index (χ0) is 35.9.